The maximum Gasteiger partial charge on any atom is 0.225 e. The Kier molecular flexibility index (Phi) is 8.50. The third kappa shape index (κ3) is 6.57. The molecule has 0 unspecified atom stereocenters. The largest absolute Gasteiger partial charge is 0.356 e. The van der Waals surface area contributed by atoms with Gasteiger partial charge < -0.3 is 10.2 Å². The van der Waals surface area contributed by atoms with E-state index < -0.39 is 0 Å². The van der Waals surface area contributed by atoms with Crippen molar-refractivity contribution >= 4 is 11.8 Å². The van der Waals surface area contributed by atoms with Crippen molar-refractivity contribution in [3.8, 4) is 0 Å². The van der Waals surface area contributed by atoms with E-state index in [2.05, 4.69) is 53.8 Å². The molecule has 0 saturated heterocycles. The van der Waals surface area contributed by atoms with Gasteiger partial charge >= 0.3 is 0 Å². The first-order valence-corrected chi connectivity index (χ1v) is 12.4. The molecule has 4 heteroatoms. The summed E-state index contributed by atoms with van der Waals surface area (Å²) < 4.78 is 0. The topological polar surface area (TPSA) is 49.4 Å². The van der Waals surface area contributed by atoms with Gasteiger partial charge in [-0.1, -0.05) is 97.4 Å². The average molecular weight is 455 g/mol. The lowest BCUT2D eigenvalue weighted by atomic mass is 9.84. The van der Waals surface area contributed by atoms with Crippen LogP contribution in [0.15, 0.2) is 91.0 Å². The molecule has 0 spiro atoms. The van der Waals surface area contributed by atoms with E-state index in [-0.39, 0.29) is 23.7 Å². The molecule has 3 aromatic carbocycles. The van der Waals surface area contributed by atoms with Gasteiger partial charge in [0, 0.05) is 37.9 Å². The van der Waals surface area contributed by atoms with Gasteiger partial charge in [-0.15, -0.1) is 0 Å². The number of nitrogens with one attached hydrogen (secondary N) is 1. The molecule has 34 heavy (non-hydrogen) atoms. The van der Waals surface area contributed by atoms with Gasteiger partial charge in [0.05, 0.1) is 0 Å². The summed E-state index contributed by atoms with van der Waals surface area (Å²) in [4.78, 5) is 27.5. The highest BCUT2D eigenvalue weighted by molar-refractivity contribution is 5.81. The summed E-state index contributed by atoms with van der Waals surface area (Å²) in [5, 5.41) is 3.09. The SMILES string of the molecule is O=C(CCN(Cc1ccccc1)C(=O)C1CCC1)NCCC(c1ccccc1)c1ccccc1. The molecule has 1 saturated carbocycles. The quantitative estimate of drug-likeness (QED) is 0.413. The van der Waals surface area contributed by atoms with Crippen LogP contribution in [-0.4, -0.2) is 29.8 Å². The minimum atomic E-state index is -0.000607. The van der Waals surface area contributed by atoms with Crippen LogP contribution >= 0.6 is 0 Å². The molecule has 1 aliphatic carbocycles. The van der Waals surface area contributed by atoms with Crippen LogP contribution in [-0.2, 0) is 16.1 Å². The van der Waals surface area contributed by atoms with Gasteiger partial charge in [0.1, 0.15) is 0 Å². The zero-order valence-corrected chi connectivity index (χ0v) is 19.7. The van der Waals surface area contributed by atoms with Gasteiger partial charge in [-0.2, -0.15) is 0 Å². The van der Waals surface area contributed by atoms with Crippen molar-refractivity contribution in [2.45, 2.75) is 44.6 Å². The first-order valence-electron chi connectivity index (χ1n) is 12.4. The number of benzene rings is 3. The standard InChI is InChI=1S/C30H34N2O2/c33-29(20-22-32(30(34)27-17-10-18-27)23-24-11-4-1-5-12-24)31-21-19-28(25-13-6-2-7-14-25)26-15-8-3-9-16-26/h1-9,11-16,27-28H,10,17-23H2,(H,31,33). The summed E-state index contributed by atoms with van der Waals surface area (Å²) in [6, 6.07) is 30.9. The van der Waals surface area contributed by atoms with Crippen molar-refractivity contribution in [1.29, 1.82) is 0 Å². The smallest absolute Gasteiger partial charge is 0.225 e. The van der Waals surface area contributed by atoms with E-state index >= 15 is 0 Å². The number of carbonyl (C=O) groups excluding carboxylic acids is 2. The molecule has 0 aliphatic heterocycles. The number of hydrogen-bond donors (Lipinski definition) is 1. The Morgan fingerprint density at radius 2 is 1.38 bits per heavy atom. The Bertz CT molecular complexity index is 994. The van der Waals surface area contributed by atoms with E-state index in [0.29, 0.717) is 26.1 Å². The molecule has 0 bridgehead atoms. The Labute approximate surface area is 203 Å². The summed E-state index contributed by atoms with van der Waals surface area (Å²) in [7, 11) is 0. The number of carbonyl (C=O) groups is 2. The first kappa shape index (κ1) is 23.7. The van der Waals surface area contributed by atoms with Crippen LogP contribution in [0.3, 0.4) is 0 Å². The summed E-state index contributed by atoms with van der Waals surface area (Å²) in [6.07, 6.45) is 4.22. The molecule has 4 rings (SSSR count). The zero-order valence-electron chi connectivity index (χ0n) is 19.7. The zero-order chi connectivity index (χ0) is 23.6. The molecule has 1 aliphatic rings. The molecule has 0 heterocycles. The van der Waals surface area contributed by atoms with Crippen LogP contribution in [0.4, 0.5) is 0 Å². The van der Waals surface area contributed by atoms with E-state index in [9.17, 15) is 9.59 Å². The molecule has 0 atom stereocenters. The normalized spacial score (nSPS) is 13.3. The lowest BCUT2D eigenvalue weighted by Gasteiger charge is -2.31. The van der Waals surface area contributed by atoms with Crippen molar-refractivity contribution in [3.05, 3.63) is 108 Å². The molecule has 0 radical (unpaired) electrons. The predicted octanol–water partition coefficient (Wildman–Crippen LogP) is 5.54. The summed E-state index contributed by atoms with van der Waals surface area (Å²) >= 11 is 0. The number of hydrogen-bond acceptors (Lipinski definition) is 2. The molecule has 1 N–H and O–H groups in total. The number of rotatable bonds is 11. The fraction of sp³-hybridized carbons (Fsp3) is 0.333. The second kappa shape index (κ2) is 12.2. The van der Waals surface area contributed by atoms with E-state index in [1.165, 1.54) is 11.1 Å². The molecule has 1 fully saturated rings. The Hall–Kier alpha value is -3.40. The van der Waals surface area contributed by atoms with Crippen LogP contribution < -0.4 is 5.32 Å². The maximum atomic E-state index is 13.0. The Morgan fingerprint density at radius 3 is 1.91 bits per heavy atom. The maximum absolute atomic E-state index is 13.0. The van der Waals surface area contributed by atoms with Gasteiger partial charge in [0.15, 0.2) is 0 Å². The number of nitrogens with zero attached hydrogens (tertiary/aromatic N) is 1. The molecule has 4 nitrogen and oxygen atoms in total. The summed E-state index contributed by atoms with van der Waals surface area (Å²) in [5.41, 5.74) is 3.61. The highest BCUT2D eigenvalue weighted by Gasteiger charge is 2.29. The average Bonchev–Trinajstić information content (AvgIpc) is 2.85. The van der Waals surface area contributed by atoms with E-state index in [1.807, 2.05) is 47.4 Å². The van der Waals surface area contributed by atoms with E-state index in [1.54, 1.807) is 0 Å². The fourth-order valence-electron chi connectivity index (χ4n) is 4.56. The minimum Gasteiger partial charge on any atom is -0.356 e. The second-order valence-electron chi connectivity index (χ2n) is 9.14. The van der Waals surface area contributed by atoms with Crippen molar-refractivity contribution in [2.75, 3.05) is 13.1 Å². The highest BCUT2D eigenvalue weighted by Crippen LogP contribution is 2.29. The lowest BCUT2D eigenvalue weighted by molar-refractivity contribution is -0.139. The lowest BCUT2D eigenvalue weighted by Crippen LogP contribution is -2.40. The van der Waals surface area contributed by atoms with Gasteiger partial charge in [0.25, 0.3) is 0 Å². The van der Waals surface area contributed by atoms with Crippen molar-refractivity contribution < 1.29 is 9.59 Å². The highest BCUT2D eigenvalue weighted by atomic mass is 16.2. The fourth-order valence-corrected chi connectivity index (χ4v) is 4.56. The second-order valence-corrected chi connectivity index (χ2v) is 9.14. The number of amides is 2. The van der Waals surface area contributed by atoms with E-state index in [4.69, 9.17) is 0 Å². The Balaban J connectivity index is 1.31. The monoisotopic (exact) mass is 454 g/mol. The Morgan fingerprint density at radius 1 is 0.824 bits per heavy atom. The third-order valence-electron chi connectivity index (χ3n) is 6.75. The molecule has 0 aromatic heterocycles. The van der Waals surface area contributed by atoms with Crippen molar-refractivity contribution in [1.82, 2.24) is 10.2 Å². The van der Waals surface area contributed by atoms with Crippen LogP contribution in [0.5, 0.6) is 0 Å². The van der Waals surface area contributed by atoms with Gasteiger partial charge in [0.2, 0.25) is 11.8 Å². The van der Waals surface area contributed by atoms with Gasteiger partial charge in [-0.25, -0.2) is 0 Å². The van der Waals surface area contributed by atoms with Crippen LogP contribution in [0.2, 0.25) is 0 Å². The molecule has 176 valence electrons. The van der Waals surface area contributed by atoms with Gasteiger partial charge in [-0.3, -0.25) is 9.59 Å². The van der Waals surface area contributed by atoms with Crippen molar-refractivity contribution in [2.24, 2.45) is 5.92 Å². The molecular weight excluding hydrogens is 420 g/mol. The summed E-state index contributed by atoms with van der Waals surface area (Å²) in [6.45, 7) is 1.62. The van der Waals surface area contributed by atoms with Crippen molar-refractivity contribution in [3.63, 3.8) is 0 Å². The van der Waals surface area contributed by atoms with Gasteiger partial charge in [-0.05, 0) is 36.0 Å². The first-order chi connectivity index (χ1) is 16.7. The predicted molar refractivity (Wildman–Crippen MR) is 136 cm³/mol. The van der Waals surface area contributed by atoms with Crippen LogP contribution in [0.25, 0.3) is 0 Å². The van der Waals surface area contributed by atoms with Crippen LogP contribution in [0.1, 0.15) is 54.7 Å². The summed E-state index contributed by atoms with van der Waals surface area (Å²) in [5.74, 6) is 0.553. The van der Waals surface area contributed by atoms with E-state index in [0.717, 1.165) is 31.2 Å². The molecule has 3 aromatic rings. The minimum absolute atomic E-state index is 0.000607. The van der Waals surface area contributed by atoms with Crippen LogP contribution in [0, 0.1) is 5.92 Å². The third-order valence-corrected chi connectivity index (χ3v) is 6.75. The molecule has 2 amide bonds. The molecular formula is C30H34N2O2.